The molecule has 100 valence electrons. The maximum Gasteiger partial charge on any atom is 0.105 e. The summed E-state index contributed by atoms with van der Waals surface area (Å²) in [7, 11) is 0. The predicted molar refractivity (Wildman–Crippen MR) is 79.3 cm³/mol. The van der Waals surface area contributed by atoms with Crippen LogP contribution in [0.15, 0.2) is 30.6 Å². The molecule has 0 radical (unpaired) electrons. The Bertz CT molecular complexity index is 803. The van der Waals surface area contributed by atoms with Gasteiger partial charge in [-0.05, 0) is 43.0 Å². The number of nitrogens with two attached hydrogens (primary N) is 1. The predicted octanol–water partition coefficient (Wildman–Crippen LogP) is 2.88. The Balaban J connectivity index is 1.92. The Morgan fingerprint density at radius 3 is 3.05 bits per heavy atom. The Kier molecular flexibility index (Phi) is 2.41. The number of benzene rings is 1. The van der Waals surface area contributed by atoms with Crippen LogP contribution in [0.2, 0.25) is 0 Å². The van der Waals surface area contributed by atoms with Crippen LogP contribution in [0.25, 0.3) is 22.3 Å². The minimum Gasteiger partial charge on any atom is -0.353 e. The van der Waals surface area contributed by atoms with Crippen molar-refractivity contribution in [1.29, 1.82) is 0 Å². The molecule has 1 atom stereocenters. The fourth-order valence-electron chi connectivity index (χ4n) is 3.09. The Labute approximate surface area is 117 Å². The topological polar surface area (TPSA) is 67.6 Å². The number of fused-ring (bicyclic) bond motifs is 3. The van der Waals surface area contributed by atoms with Gasteiger partial charge < -0.3 is 10.7 Å². The first-order valence-electron chi connectivity index (χ1n) is 6.91. The number of aromatic amines is 1. The number of nitrogens with zero attached hydrogens (tertiary/aromatic N) is 2. The van der Waals surface area contributed by atoms with Crippen molar-refractivity contribution in [3.8, 4) is 11.4 Å². The van der Waals surface area contributed by atoms with Gasteiger partial charge in [0.15, 0.2) is 0 Å². The highest BCUT2D eigenvalue weighted by atomic mass is 14.8. The zero-order valence-electron chi connectivity index (χ0n) is 11.4. The zero-order chi connectivity index (χ0) is 13.7. The van der Waals surface area contributed by atoms with Gasteiger partial charge in [0, 0.05) is 23.1 Å². The third-order valence-corrected chi connectivity index (χ3v) is 4.09. The van der Waals surface area contributed by atoms with E-state index in [2.05, 4.69) is 33.2 Å². The summed E-state index contributed by atoms with van der Waals surface area (Å²) in [6, 6.07) is 6.63. The van der Waals surface area contributed by atoms with Crippen LogP contribution in [0, 0.1) is 6.92 Å². The molecule has 0 saturated carbocycles. The number of rotatable bonds is 1. The highest BCUT2D eigenvalue weighted by molar-refractivity contribution is 5.89. The third kappa shape index (κ3) is 1.65. The van der Waals surface area contributed by atoms with E-state index in [1.165, 1.54) is 16.5 Å². The molecule has 0 spiro atoms. The second-order valence-corrected chi connectivity index (χ2v) is 5.47. The summed E-state index contributed by atoms with van der Waals surface area (Å²) in [5.74, 6) is 0. The van der Waals surface area contributed by atoms with Gasteiger partial charge in [-0.3, -0.25) is 4.98 Å². The van der Waals surface area contributed by atoms with Crippen molar-refractivity contribution in [3.05, 3.63) is 47.4 Å². The van der Waals surface area contributed by atoms with Gasteiger partial charge >= 0.3 is 0 Å². The summed E-state index contributed by atoms with van der Waals surface area (Å²) in [6.07, 6.45) is 5.66. The van der Waals surface area contributed by atoms with Gasteiger partial charge in [0.05, 0.1) is 17.6 Å². The van der Waals surface area contributed by atoms with E-state index < -0.39 is 0 Å². The first-order chi connectivity index (χ1) is 9.72. The van der Waals surface area contributed by atoms with Crippen LogP contribution >= 0.6 is 0 Å². The molecule has 0 unspecified atom stereocenters. The summed E-state index contributed by atoms with van der Waals surface area (Å²) in [5, 5.41) is 1.27. The van der Waals surface area contributed by atoms with Gasteiger partial charge in [-0.15, -0.1) is 0 Å². The molecule has 1 aliphatic carbocycles. The summed E-state index contributed by atoms with van der Waals surface area (Å²) in [6.45, 7) is 1.95. The molecule has 2 heterocycles. The summed E-state index contributed by atoms with van der Waals surface area (Å²) >= 11 is 0. The molecule has 4 nitrogen and oxygen atoms in total. The molecule has 4 rings (SSSR count). The summed E-state index contributed by atoms with van der Waals surface area (Å²) in [5.41, 5.74) is 12.8. The van der Waals surface area contributed by atoms with Crippen molar-refractivity contribution >= 4 is 10.9 Å². The molecular formula is C16H16N4. The van der Waals surface area contributed by atoms with Crippen LogP contribution in [0.4, 0.5) is 0 Å². The largest absolute Gasteiger partial charge is 0.353 e. The van der Waals surface area contributed by atoms with Gasteiger partial charge in [-0.2, -0.15) is 0 Å². The number of aryl methyl sites for hydroxylation is 2. The van der Waals surface area contributed by atoms with Gasteiger partial charge in [0.1, 0.15) is 5.69 Å². The molecule has 1 aliphatic rings. The number of aromatic nitrogens is 3. The van der Waals surface area contributed by atoms with Crippen LogP contribution in [0.5, 0.6) is 0 Å². The van der Waals surface area contributed by atoms with E-state index in [0.29, 0.717) is 0 Å². The number of H-pyrrole nitrogens is 1. The van der Waals surface area contributed by atoms with E-state index in [0.717, 1.165) is 35.4 Å². The molecule has 0 fully saturated rings. The second-order valence-electron chi connectivity index (χ2n) is 5.47. The van der Waals surface area contributed by atoms with E-state index in [1.54, 1.807) is 12.4 Å². The lowest BCUT2D eigenvalue weighted by Crippen LogP contribution is -2.04. The van der Waals surface area contributed by atoms with Crippen LogP contribution < -0.4 is 5.73 Å². The maximum atomic E-state index is 6.14. The minimum atomic E-state index is 0.187. The standard InChI is InChI=1S/C16H16N4/c1-9-7-18-8-16(19-9)15-6-12-10-2-4-13(17)11(10)3-5-14(12)20-15/h3,5-8,13,20H,2,4,17H2,1H3/t13-/m1/s1. The van der Waals surface area contributed by atoms with Gasteiger partial charge in [0.2, 0.25) is 0 Å². The second kappa shape index (κ2) is 4.15. The molecule has 1 aromatic carbocycles. The molecule has 20 heavy (non-hydrogen) atoms. The van der Waals surface area contributed by atoms with Crippen molar-refractivity contribution in [2.24, 2.45) is 5.73 Å². The molecule has 4 heteroatoms. The molecule has 0 amide bonds. The lowest BCUT2D eigenvalue weighted by atomic mass is 10.0. The maximum absolute atomic E-state index is 6.14. The molecule has 3 N–H and O–H groups in total. The SMILES string of the molecule is Cc1cncc(-c2cc3c4c(ccc3[nH]2)[C@H](N)CC4)n1. The zero-order valence-corrected chi connectivity index (χ0v) is 11.4. The normalized spacial score (nSPS) is 17.6. The molecule has 0 saturated heterocycles. The fraction of sp³-hybridized carbons (Fsp3) is 0.250. The van der Waals surface area contributed by atoms with Gasteiger partial charge in [-0.25, -0.2) is 4.98 Å². The van der Waals surface area contributed by atoms with Crippen molar-refractivity contribution in [3.63, 3.8) is 0 Å². The van der Waals surface area contributed by atoms with Crippen molar-refractivity contribution in [2.45, 2.75) is 25.8 Å². The van der Waals surface area contributed by atoms with Crippen molar-refractivity contribution < 1.29 is 0 Å². The number of nitrogens with one attached hydrogen (secondary N) is 1. The number of hydrogen-bond donors (Lipinski definition) is 2. The minimum absolute atomic E-state index is 0.187. The van der Waals surface area contributed by atoms with Crippen molar-refractivity contribution in [1.82, 2.24) is 15.0 Å². The van der Waals surface area contributed by atoms with Crippen molar-refractivity contribution in [2.75, 3.05) is 0 Å². The van der Waals surface area contributed by atoms with Gasteiger partial charge in [-0.1, -0.05) is 6.07 Å². The van der Waals surface area contributed by atoms with E-state index in [1.807, 2.05) is 6.92 Å². The van der Waals surface area contributed by atoms with Crippen LogP contribution in [0.1, 0.15) is 29.3 Å². The fourth-order valence-corrected chi connectivity index (χ4v) is 3.09. The molecule has 3 aromatic rings. The molecular weight excluding hydrogens is 248 g/mol. The molecule has 2 aromatic heterocycles. The first kappa shape index (κ1) is 11.6. The van der Waals surface area contributed by atoms with Crippen LogP contribution in [0.3, 0.4) is 0 Å². The third-order valence-electron chi connectivity index (χ3n) is 4.09. The summed E-state index contributed by atoms with van der Waals surface area (Å²) in [4.78, 5) is 12.2. The Hall–Kier alpha value is -2.20. The van der Waals surface area contributed by atoms with E-state index >= 15 is 0 Å². The van der Waals surface area contributed by atoms with E-state index in [4.69, 9.17) is 5.73 Å². The monoisotopic (exact) mass is 264 g/mol. The van der Waals surface area contributed by atoms with E-state index in [9.17, 15) is 0 Å². The Morgan fingerprint density at radius 2 is 2.20 bits per heavy atom. The highest BCUT2D eigenvalue weighted by Gasteiger charge is 2.21. The highest BCUT2D eigenvalue weighted by Crippen LogP contribution is 2.36. The first-order valence-corrected chi connectivity index (χ1v) is 6.91. The Morgan fingerprint density at radius 1 is 1.30 bits per heavy atom. The average Bonchev–Trinajstić information content (AvgIpc) is 3.02. The summed E-state index contributed by atoms with van der Waals surface area (Å²) < 4.78 is 0. The smallest absolute Gasteiger partial charge is 0.105 e. The van der Waals surface area contributed by atoms with Crippen LogP contribution in [-0.4, -0.2) is 15.0 Å². The average molecular weight is 264 g/mol. The lowest BCUT2D eigenvalue weighted by molar-refractivity contribution is 0.713. The quantitative estimate of drug-likeness (QED) is 0.710. The lowest BCUT2D eigenvalue weighted by Gasteiger charge is -2.04. The number of hydrogen-bond acceptors (Lipinski definition) is 3. The van der Waals surface area contributed by atoms with E-state index in [-0.39, 0.29) is 6.04 Å². The molecule has 0 bridgehead atoms. The van der Waals surface area contributed by atoms with Gasteiger partial charge in [0.25, 0.3) is 0 Å². The molecule has 0 aliphatic heterocycles. The van der Waals surface area contributed by atoms with Crippen LogP contribution in [-0.2, 0) is 6.42 Å².